The second-order valence-electron chi connectivity index (χ2n) is 6.89. The maximum atomic E-state index is 11.6. The molecule has 4 rings (SSSR count). The molecule has 0 amide bonds. The van der Waals surface area contributed by atoms with Crippen molar-refractivity contribution in [2.24, 2.45) is 7.05 Å². The van der Waals surface area contributed by atoms with Gasteiger partial charge < -0.3 is 14.4 Å². The van der Waals surface area contributed by atoms with Gasteiger partial charge in [-0.1, -0.05) is 28.9 Å². The van der Waals surface area contributed by atoms with Crippen molar-refractivity contribution in [3.63, 3.8) is 0 Å². The Bertz CT molecular complexity index is 1190. The van der Waals surface area contributed by atoms with Crippen LogP contribution in [0, 0.1) is 6.92 Å². The number of anilines is 1. The zero-order valence-corrected chi connectivity index (χ0v) is 16.6. The van der Waals surface area contributed by atoms with Gasteiger partial charge in [0.25, 0.3) is 0 Å². The Morgan fingerprint density at radius 3 is 2.76 bits per heavy atom. The standard InChI is InChI=1S/C21H22N6O2/c1-4-27(13-17-12-18(29-25-17)15-7-5-6-14(2)10-15)21-24-23-20(26(21)3)16-8-9-22-19(28)11-16/h5-12H,4,13H2,1-3H3,(H,22,28). The van der Waals surface area contributed by atoms with E-state index in [1.54, 1.807) is 12.3 Å². The van der Waals surface area contributed by atoms with Gasteiger partial charge in [0, 0.05) is 43.0 Å². The summed E-state index contributed by atoms with van der Waals surface area (Å²) in [6.45, 7) is 5.34. The molecule has 8 nitrogen and oxygen atoms in total. The van der Waals surface area contributed by atoms with Gasteiger partial charge in [-0.25, -0.2) is 0 Å². The van der Waals surface area contributed by atoms with Crippen LogP contribution < -0.4 is 10.5 Å². The molecule has 1 N–H and O–H groups in total. The lowest BCUT2D eigenvalue weighted by Crippen LogP contribution is -2.25. The first kappa shape index (κ1) is 18.7. The van der Waals surface area contributed by atoms with Crippen molar-refractivity contribution in [3.05, 3.63) is 70.3 Å². The van der Waals surface area contributed by atoms with Gasteiger partial charge in [-0.2, -0.15) is 0 Å². The van der Waals surface area contributed by atoms with Crippen LogP contribution in [0.4, 0.5) is 5.95 Å². The minimum absolute atomic E-state index is 0.175. The summed E-state index contributed by atoms with van der Waals surface area (Å²) in [5.74, 6) is 2.06. The van der Waals surface area contributed by atoms with E-state index in [1.165, 1.54) is 11.6 Å². The van der Waals surface area contributed by atoms with E-state index in [0.717, 1.165) is 17.0 Å². The first-order valence-corrected chi connectivity index (χ1v) is 9.41. The Hall–Kier alpha value is -3.68. The molecule has 0 saturated heterocycles. The predicted octanol–water partition coefficient (Wildman–Crippen LogP) is 3.16. The summed E-state index contributed by atoms with van der Waals surface area (Å²) in [7, 11) is 1.88. The lowest BCUT2D eigenvalue weighted by Gasteiger charge is -2.20. The quantitative estimate of drug-likeness (QED) is 0.544. The SMILES string of the molecule is CCN(Cc1cc(-c2cccc(C)c2)on1)c1nnc(-c2cc[nH]c(=O)c2)n1C. The molecule has 0 radical (unpaired) electrons. The molecule has 0 saturated carbocycles. The second kappa shape index (κ2) is 7.75. The molecular weight excluding hydrogens is 368 g/mol. The molecular formula is C21H22N6O2. The lowest BCUT2D eigenvalue weighted by atomic mass is 10.1. The maximum absolute atomic E-state index is 11.6. The molecule has 29 heavy (non-hydrogen) atoms. The third kappa shape index (κ3) is 3.82. The minimum Gasteiger partial charge on any atom is -0.356 e. The fourth-order valence-corrected chi connectivity index (χ4v) is 3.27. The zero-order valence-electron chi connectivity index (χ0n) is 16.6. The summed E-state index contributed by atoms with van der Waals surface area (Å²) in [5, 5.41) is 12.8. The number of hydrogen-bond acceptors (Lipinski definition) is 6. The summed E-state index contributed by atoms with van der Waals surface area (Å²) in [6.07, 6.45) is 1.60. The molecule has 3 heterocycles. The number of rotatable bonds is 6. The van der Waals surface area contributed by atoms with Crippen molar-refractivity contribution in [1.82, 2.24) is 24.9 Å². The van der Waals surface area contributed by atoms with Gasteiger partial charge in [0.1, 0.15) is 5.69 Å². The Morgan fingerprint density at radius 2 is 2.00 bits per heavy atom. The summed E-state index contributed by atoms with van der Waals surface area (Å²) in [6, 6.07) is 13.4. The zero-order chi connectivity index (χ0) is 20.4. The number of aromatic amines is 1. The van der Waals surface area contributed by atoms with E-state index in [-0.39, 0.29) is 5.56 Å². The molecule has 8 heteroatoms. The Balaban J connectivity index is 1.58. The molecule has 0 fully saturated rings. The van der Waals surface area contributed by atoms with Crippen LogP contribution in [-0.4, -0.2) is 31.4 Å². The van der Waals surface area contributed by atoms with Crippen molar-refractivity contribution in [2.75, 3.05) is 11.4 Å². The van der Waals surface area contributed by atoms with Gasteiger partial charge in [0.15, 0.2) is 11.6 Å². The van der Waals surface area contributed by atoms with Crippen molar-refractivity contribution in [1.29, 1.82) is 0 Å². The minimum atomic E-state index is -0.175. The molecule has 148 valence electrons. The molecule has 0 atom stereocenters. The molecule has 0 unspecified atom stereocenters. The molecule has 1 aromatic carbocycles. The Morgan fingerprint density at radius 1 is 1.14 bits per heavy atom. The summed E-state index contributed by atoms with van der Waals surface area (Å²) < 4.78 is 7.42. The highest BCUT2D eigenvalue weighted by Gasteiger charge is 2.18. The van der Waals surface area contributed by atoms with Gasteiger partial charge in [0.2, 0.25) is 11.5 Å². The van der Waals surface area contributed by atoms with Crippen molar-refractivity contribution in [2.45, 2.75) is 20.4 Å². The Kier molecular flexibility index (Phi) is 4.99. The number of nitrogens with one attached hydrogen (secondary N) is 1. The van der Waals surface area contributed by atoms with E-state index in [2.05, 4.69) is 31.3 Å². The maximum Gasteiger partial charge on any atom is 0.248 e. The summed E-state index contributed by atoms with van der Waals surface area (Å²) >= 11 is 0. The molecule has 0 spiro atoms. The number of benzene rings is 1. The first-order chi connectivity index (χ1) is 14.0. The van der Waals surface area contributed by atoms with Crippen LogP contribution in [0.15, 0.2) is 58.0 Å². The Labute approximate surface area is 167 Å². The second-order valence-corrected chi connectivity index (χ2v) is 6.89. The number of aromatic nitrogens is 5. The van der Waals surface area contributed by atoms with Gasteiger partial charge in [-0.3, -0.25) is 9.36 Å². The smallest absolute Gasteiger partial charge is 0.248 e. The highest BCUT2D eigenvalue weighted by Crippen LogP contribution is 2.24. The number of H-pyrrole nitrogens is 1. The highest BCUT2D eigenvalue weighted by atomic mass is 16.5. The van der Waals surface area contributed by atoms with Crippen molar-refractivity contribution in [3.8, 4) is 22.7 Å². The third-order valence-electron chi connectivity index (χ3n) is 4.76. The largest absolute Gasteiger partial charge is 0.356 e. The van der Waals surface area contributed by atoms with Gasteiger partial charge in [0.05, 0.1) is 6.54 Å². The number of pyridine rings is 1. The van der Waals surface area contributed by atoms with Crippen LogP contribution in [0.3, 0.4) is 0 Å². The van der Waals surface area contributed by atoms with E-state index in [4.69, 9.17) is 4.52 Å². The molecule has 0 aliphatic carbocycles. The topological polar surface area (TPSA) is 92.8 Å². The number of nitrogens with zero attached hydrogens (tertiary/aromatic N) is 5. The van der Waals surface area contributed by atoms with Gasteiger partial charge in [-0.05, 0) is 26.0 Å². The molecule has 0 aliphatic rings. The highest BCUT2D eigenvalue weighted by molar-refractivity contribution is 5.59. The van der Waals surface area contributed by atoms with E-state index in [1.807, 2.05) is 49.7 Å². The fraction of sp³-hybridized carbons (Fsp3) is 0.238. The molecule has 4 aromatic rings. The van der Waals surface area contributed by atoms with Crippen LogP contribution >= 0.6 is 0 Å². The number of hydrogen-bond donors (Lipinski definition) is 1. The van der Waals surface area contributed by atoms with Crippen molar-refractivity contribution >= 4 is 5.95 Å². The van der Waals surface area contributed by atoms with Crippen molar-refractivity contribution < 1.29 is 4.52 Å². The summed E-state index contributed by atoms with van der Waals surface area (Å²) in [4.78, 5) is 16.3. The average molecular weight is 390 g/mol. The van der Waals surface area contributed by atoms with E-state index in [0.29, 0.717) is 30.4 Å². The lowest BCUT2D eigenvalue weighted by molar-refractivity contribution is 0.422. The van der Waals surface area contributed by atoms with E-state index >= 15 is 0 Å². The van der Waals surface area contributed by atoms with Crippen LogP contribution in [0.1, 0.15) is 18.2 Å². The van der Waals surface area contributed by atoms with Crippen LogP contribution in [0.2, 0.25) is 0 Å². The van der Waals surface area contributed by atoms with E-state index in [9.17, 15) is 4.79 Å². The molecule has 3 aromatic heterocycles. The monoisotopic (exact) mass is 390 g/mol. The summed E-state index contributed by atoms with van der Waals surface area (Å²) in [5.41, 5.74) is 3.52. The fourth-order valence-electron chi connectivity index (χ4n) is 3.27. The third-order valence-corrected chi connectivity index (χ3v) is 4.76. The van der Waals surface area contributed by atoms with E-state index < -0.39 is 0 Å². The van der Waals surface area contributed by atoms with Gasteiger partial charge >= 0.3 is 0 Å². The van der Waals surface area contributed by atoms with Gasteiger partial charge in [-0.15, -0.1) is 10.2 Å². The molecule has 0 aliphatic heterocycles. The molecule has 0 bridgehead atoms. The predicted molar refractivity (Wildman–Crippen MR) is 110 cm³/mol. The van der Waals surface area contributed by atoms with Crippen LogP contribution in [-0.2, 0) is 13.6 Å². The van der Waals surface area contributed by atoms with Crippen LogP contribution in [0.25, 0.3) is 22.7 Å². The normalized spacial score (nSPS) is 11.0. The van der Waals surface area contributed by atoms with Crippen LogP contribution in [0.5, 0.6) is 0 Å². The number of aryl methyl sites for hydroxylation is 1. The first-order valence-electron chi connectivity index (χ1n) is 9.41. The average Bonchev–Trinajstić information content (AvgIpc) is 3.33.